The largest absolute Gasteiger partial charge is 0.358 e. The molecule has 0 N–H and O–H groups in total. The van der Waals surface area contributed by atoms with Crippen LogP contribution in [0.15, 0.2) is 6.99 Å². The van der Waals surface area contributed by atoms with E-state index in [1.165, 1.54) is 32.1 Å². The number of rotatable bonds is 0. The van der Waals surface area contributed by atoms with Gasteiger partial charge in [0, 0.05) is 0 Å². The van der Waals surface area contributed by atoms with E-state index in [1.807, 2.05) is 0 Å². The number of hydrogen-bond acceptors (Lipinski definition) is 2. The first-order chi connectivity index (χ1) is 7.60. The molecular formula is C14H31ClN2W-. The van der Waals surface area contributed by atoms with Gasteiger partial charge in [-0.2, -0.15) is 0 Å². The Hall–Kier alpha value is 0.578. The van der Waals surface area contributed by atoms with Gasteiger partial charge < -0.3 is 7.43 Å². The molecular weight excluding hydrogens is 415 g/mol. The monoisotopic (exact) mass is 446 g/mol. The Balaban J connectivity index is 0. The molecule has 0 amide bonds. The van der Waals surface area contributed by atoms with Gasteiger partial charge in [-0.05, 0) is 0 Å². The van der Waals surface area contributed by atoms with Gasteiger partial charge in [0.1, 0.15) is 0 Å². The predicted octanol–water partition coefficient (Wildman–Crippen LogP) is 6.12. The van der Waals surface area contributed by atoms with Crippen molar-refractivity contribution in [3.05, 3.63) is 7.43 Å². The van der Waals surface area contributed by atoms with Gasteiger partial charge >= 0.3 is 84.9 Å². The maximum atomic E-state index is 6.11. The van der Waals surface area contributed by atoms with Crippen molar-refractivity contribution >= 4 is 9.42 Å². The van der Waals surface area contributed by atoms with E-state index >= 15 is 0 Å². The van der Waals surface area contributed by atoms with E-state index in [9.17, 15) is 0 Å². The molecule has 2 nitrogen and oxygen atoms in total. The van der Waals surface area contributed by atoms with Gasteiger partial charge in [-0.15, -0.1) is 0 Å². The Morgan fingerprint density at radius 3 is 1.11 bits per heavy atom. The third-order valence-electron chi connectivity index (χ3n) is 1.95. The van der Waals surface area contributed by atoms with Crippen LogP contribution in [0.3, 0.4) is 0 Å². The molecule has 18 heavy (non-hydrogen) atoms. The summed E-state index contributed by atoms with van der Waals surface area (Å²) in [7, 11) is 6.11. The molecule has 4 heteroatoms. The third kappa shape index (κ3) is 16.6. The van der Waals surface area contributed by atoms with Crippen LogP contribution in [0.1, 0.15) is 73.6 Å². The summed E-state index contributed by atoms with van der Waals surface area (Å²) in [6.45, 7) is 12.4. The Morgan fingerprint density at radius 2 is 0.944 bits per heavy atom. The Morgan fingerprint density at radius 1 is 0.722 bits per heavy atom. The maximum absolute atomic E-state index is 6.11. The third-order valence-corrected chi connectivity index (χ3v) is 8.10. The molecule has 0 heterocycles. The van der Waals surface area contributed by atoms with Crippen LogP contribution in [-0.2, 0) is 15.9 Å². The van der Waals surface area contributed by atoms with E-state index in [2.05, 4.69) is 48.5 Å². The molecule has 0 aliphatic heterocycles. The molecule has 1 rings (SSSR count). The van der Waals surface area contributed by atoms with Crippen LogP contribution in [0.4, 0.5) is 0 Å². The standard InChI is InChI=1S/C5H10.2C4H9N.CH3.ClH.W/c1-2-4-5-3-1;2*1-4(2,3)5;;;/h1-5H2;2*1-3H3;1H3;1H;/q;;;-1;;+1/p-1. The normalized spacial score (nSPS) is 16.9. The van der Waals surface area contributed by atoms with E-state index in [0.717, 1.165) is 0 Å². The van der Waals surface area contributed by atoms with Crippen LogP contribution in [0.2, 0.25) is 0 Å². The second-order valence-corrected chi connectivity index (χ2v) is 11.7. The van der Waals surface area contributed by atoms with Crippen molar-refractivity contribution in [2.45, 2.75) is 84.7 Å². The zero-order valence-corrected chi connectivity index (χ0v) is 16.9. The van der Waals surface area contributed by atoms with E-state index in [0.29, 0.717) is 0 Å². The minimum absolute atomic E-state index is 0. The summed E-state index contributed by atoms with van der Waals surface area (Å²) in [4.78, 5) is 0. The van der Waals surface area contributed by atoms with Gasteiger partial charge in [0.05, 0.1) is 0 Å². The zero-order chi connectivity index (χ0) is 13.5. The summed E-state index contributed by atoms with van der Waals surface area (Å²) >= 11 is -2.25. The van der Waals surface area contributed by atoms with Crippen molar-refractivity contribution in [3.8, 4) is 0 Å². The van der Waals surface area contributed by atoms with Crippen LogP contribution in [0.5, 0.6) is 0 Å². The van der Waals surface area contributed by atoms with Gasteiger partial charge in [-0.25, -0.2) is 0 Å². The van der Waals surface area contributed by atoms with Gasteiger partial charge in [-0.3, -0.25) is 0 Å². The molecule has 1 aliphatic carbocycles. The summed E-state index contributed by atoms with van der Waals surface area (Å²) in [6.07, 6.45) is 7.50. The van der Waals surface area contributed by atoms with Gasteiger partial charge in [-0.1, -0.05) is 32.1 Å². The van der Waals surface area contributed by atoms with Crippen LogP contribution >= 0.6 is 9.42 Å². The molecule has 0 aromatic heterocycles. The Kier molecular flexibility index (Phi) is 11.0. The first-order valence-corrected chi connectivity index (χ1v) is 12.7. The predicted molar refractivity (Wildman–Crippen MR) is 79.7 cm³/mol. The second kappa shape index (κ2) is 9.48. The van der Waals surface area contributed by atoms with E-state index < -0.39 is 15.9 Å². The summed E-state index contributed by atoms with van der Waals surface area (Å²) in [5, 5.41) is 0. The number of hydrogen-bond donors (Lipinski definition) is 0. The van der Waals surface area contributed by atoms with E-state index in [4.69, 9.17) is 9.42 Å². The summed E-state index contributed by atoms with van der Waals surface area (Å²) < 4.78 is 8.98. The molecule has 0 aromatic rings. The topological polar surface area (TPSA) is 24.7 Å². The molecule has 1 saturated carbocycles. The second-order valence-electron chi connectivity index (χ2n) is 6.51. The van der Waals surface area contributed by atoms with Crippen LogP contribution in [0.25, 0.3) is 0 Å². The van der Waals surface area contributed by atoms with Gasteiger partial charge in [0.25, 0.3) is 0 Å². The molecule has 0 atom stereocenters. The molecule has 0 spiro atoms. The van der Waals surface area contributed by atoms with Crippen LogP contribution in [-0.4, -0.2) is 11.1 Å². The van der Waals surface area contributed by atoms with Crippen molar-refractivity contribution in [3.63, 3.8) is 0 Å². The first kappa shape index (κ1) is 20.9. The number of nitrogens with zero attached hydrogens (tertiary/aromatic N) is 2. The molecule has 0 aromatic carbocycles. The summed E-state index contributed by atoms with van der Waals surface area (Å²) in [6, 6.07) is 0. The van der Waals surface area contributed by atoms with Crippen LogP contribution < -0.4 is 0 Å². The summed E-state index contributed by atoms with van der Waals surface area (Å²) in [5.74, 6) is 0. The van der Waals surface area contributed by atoms with Crippen molar-refractivity contribution in [1.82, 2.24) is 0 Å². The Bertz CT molecular complexity index is 258. The van der Waals surface area contributed by atoms with Crippen molar-refractivity contribution in [1.29, 1.82) is 0 Å². The average Bonchev–Trinajstić information content (AvgIpc) is 2.50. The molecule has 0 saturated heterocycles. The maximum Gasteiger partial charge on any atom is -0.358 e. The molecule has 1 fully saturated rings. The van der Waals surface area contributed by atoms with E-state index in [1.54, 1.807) is 0 Å². The molecule has 0 unspecified atom stereocenters. The van der Waals surface area contributed by atoms with Crippen LogP contribution in [0, 0.1) is 7.43 Å². The molecule has 1 aliphatic rings. The SMILES string of the molecule is C1CCCC1.CC(C)(C)[N]=[W]([Cl])=[N]C(C)(C)C.[CH3-]. The fraction of sp³-hybridized carbons (Fsp3) is 0.929. The first-order valence-electron chi connectivity index (χ1n) is 6.47. The number of halogens is 1. The quantitative estimate of drug-likeness (QED) is 0.400. The van der Waals surface area contributed by atoms with Gasteiger partial charge in [0.15, 0.2) is 0 Å². The molecule has 0 bridgehead atoms. The Labute approximate surface area is 124 Å². The van der Waals surface area contributed by atoms with Crippen molar-refractivity contribution < 1.29 is 15.9 Å². The minimum atomic E-state index is -2.25. The fourth-order valence-electron chi connectivity index (χ4n) is 1.36. The minimum Gasteiger partial charge on any atom is -0.358 e. The van der Waals surface area contributed by atoms with Crippen molar-refractivity contribution in [2.24, 2.45) is 6.99 Å². The molecule has 111 valence electrons. The van der Waals surface area contributed by atoms with Gasteiger partial charge in [0.2, 0.25) is 0 Å². The summed E-state index contributed by atoms with van der Waals surface area (Å²) in [5.41, 5.74) is -0.0471. The smallest absolute Gasteiger partial charge is 0.358 e. The zero-order valence-electron chi connectivity index (χ0n) is 13.2. The average molecular weight is 447 g/mol. The fourth-order valence-corrected chi connectivity index (χ4v) is 8.14. The van der Waals surface area contributed by atoms with E-state index in [-0.39, 0.29) is 18.5 Å². The van der Waals surface area contributed by atoms with Crippen molar-refractivity contribution in [2.75, 3.05) is 0 Å². The molecule has 0 radical (unpaired) electrons.